The van der Waals surface area contributed by atoms with E-state index in [9.17, 15) is 14.4 Å². The number of hydrogen-bond donors (Lipinski definition) is 1. The molecule has 1 fully saturated rings. The highest BCUT2D eigenvalue weighted by Gasteiger charge is 2.44. The molecule has 1 aromatic carbocycles. The van der Waals surface area contributed by atoms with Crippen LogP contribution >= 0.6 is 0 Å². The maximum Gasteiger partial charge on any atom is 0.242 e. The maximum absolute atomic E-state index is 12.8. The van der Waals surface area contributed by atoms with E-state index in [2.05, 4.69) is 5.32 Å². The van der Waals surface area contributed by atoms with Crippen molar-refractivity contribution in [2.45, 2.75) is 26.7 Å². The highest BCUT2D eigenvalue weighted by atomic mass is 16.2. The van der Waals surface area contributed by atoms with Crippen molar-refractivity contribution in [1.29, 1.82) is 0 Å². The number of carbonyl (C=O) groups excluding carboxylic acids is 3. The Hall–Kier alpha value is -2.17. The van der Waals surface area contributed by atoms with E-state index in [1.54, 1.807) is 36.9 Å². The Morgan fingerprint density at radius 2 is 2.05 bits per heavy atom. The lowest BCUT2D eigenvalue weighted by molar-refractivity contribution is -0.136. The van der Waals surface area contributed by atoms with Gasteiger partial charge in [0.2, 0.25) is 11.8 Å². The van der Waals surface area contributed by atoms with Crippen molar-refractivity contribution in [3.8, 4) is 0 Å². The Labute approximate surface area is 123 Å². The van der Waals surface area contributed by atoms with Gasteiger partial charge in [0.1, 0.15) is 11.7 Å². The highest BCUT2D eigenvalue weighted by molar-refractivity contribution is 6.19. The Morgan fingerprint density at radius 3 is 2.67 bits per heavy atom. The molecular weight excluding hydrogens is 268 g/mol. The molecule has 2 amide bonds. The van der Waals surface area contributed by atoms with Gasteiger partial charge in [-0.05, 0) is 50.8 Å². The van der Waals surface area contributed by atoms with Gasteiger partial charge in [0.25, 0.3) is 0 Å². The van der Waals surface area contributed by atoms with Crippen LogP contribution in [0.3, 0.4) is 0 Å². The van der Waals surface area contributed by atoms with Crippen LogP contribution in [0.15, 0.2) is 18.2 Å². The Bertz CT molecular complexity index is 632. The second-order valence-electron chi connectivity index (χ2n) is 6.33. The van der Waals surface area contributed by atoms with Crippen LogP contribution < -0.4 is 10.2 Å². The number of fused-ring (bicyclic) bond motifs is 1. The van der Waals surface area contributed by atoms with Crippen LogP contribution in [0.5, 0.6) is 0 Å². The van der Waals surface area contributed by atoms with Crippen molar-refractivity contribution >= 4 is 29.5 Å². The van der Waals surface area contributed by atoms with E-state index in [1.807, 2.05) is 0 Å². The van der Waals surface area contributed by atoms with Gasteiger partial charge in [0.15, 0.2) is 0 Å². The maximum atomic E-state index is 12.8. The summed E-state index contributed by atoms with van der Waals surface area (Å²) in [5.74, 6) is -0.0368. The average molecular weight is 286 g/mol. The number of nitrogens with one attached hydrogen (secondary N) is 1. The third-order valence-corrected chi connectivity index (χ3v) is 4.18. The lowest BCUT2D eigenvalue weighted by Gasteiger charge is -2.28. The second kappa shape index (κ2) is 4.69. The first-order chi connectivity index (χ1) is 9.93. The summed E-state index contributed by atoms with van der Waals surface area (Å²) in [5.41, 5.74) is 0.590. The molecule has 0 saturated heterocycles. The molecule has 3 rings (SSSR count). The van der Waals surface area contributed by atoms with Crippen molar-refractivity contribution in [3.05, 3.63) is 23.8 Å². The van der Waals surface area contributed by atoms with Crippen LogP contribution in [0.1, 0.15) is 37.0 Å². The molecule has 1 N–H and O–H groups in total. The molecule has 0 atom stereocenters. The fraction of sp³-hybridized carbons (Fsp3) is 0.438. The third-order valence-electron chi connectivity index (χ3n) is 4.18. The number of rotatable bonds is 3. The van der Waals surface area contributed by atoms with Crippen LogP contribution in [0.25, 0.3) is 0 Å². The van der Waals surface area contributed by atoms with Gasteiger partial charge in [-0.25, -0.2) is 0 Å². The lowest BCUT2D eigenvalue weighted by Crippen LogP contribution is -2.45. The molecule has 2 aliphatic rings. The van der Waals surface area contributed by atoms with E-state index in [4.69, 9.17) is 0 Å². The minimum Gasteiger partial charge on any atom is -0.323 e. The molecule has 21 heavy (non-hydrogen) atoms. The van der Waals surface area contributed by atoms with Gasteiger partial charge >= 0.3 is 0 Å². The van der Waals surface area contributed by atoms with Crippen LogP contribution in [0.2, 0.25) is 0 Å². The summed E-state index contributed by atoms with van der Waals surface area (Å²) in [5, 5.41) is 2.80. The fourth-order valence-corrected chi connectivity index (χ4v) is 2.51. The smallest absolute Gasteiger partial charge is 0.242 e. The first kappa shape index (κ1) is 13.8. The van der Waals surface area contributed by atoms with Crippen LogP contribution in [-0.2, 0) is 9.59 Å². The monoisotopic (exact) mass is 286 g/mol. The van der Waals surface area contributed by atoms with Crippen LogP contribution in [0, 0.1) is 11.3 Å². The van der Waals surface area contributed by atoms with Gasteiger partial charge < -0.3 is 10.2 Å². The predicted molar refractivity (Wildman–Crippen MR) is 79.3 cm³/mol. The first-order valence-corrected chi connectivity index (χ1v) is 7.16. The number of benzene rings is 1. The molecule has 0 aromatic heterocycles. The SMILES string of the molecule is CC1(C)C(=O)Nc2ccc(C=O)cc2N(CC2CC2)C1=O. The summed E-state index contributed by atoms with van der Waals surface area (Å²) in [6.07, 6.45) is 2.96. The number of hydrogen-bond acceptors (Lipinski definition) is 3. The molecule has 0 unspecified atom stereocenters. The molecule has 0 spiro atoms. The van der Waals surface area contributed by atoms with E-state index < -0.39 is 5.41 Å². The zero-order chi connectivity index (χ0) is 15.2. The van der Waals surface area contributed by atoms with Crippen molar-refractivity contribution in [2.24, 2.45) is 11.3 Å². The topological polar surface area (TPSA) is 66.5 Å². The molecule has 1 heterocycles. The molecule has 5 nitrogen and oxygen atoms in total. The molecule has 0 radical (unpaired) electrons. The standard InChI is InChI=1S/C16H18N2O3/c1-16(2)14(20)17-12-6-5-11(9-19)7-13(12)18(15(16)21)8-10-3-4-10/h5-7,9-10H,3-4,8H2,1-2H3,(H,17,20). The van der Waals surface area contributed by atoms with Crippen LogP contribution in [-0.4, -0.2) is 24.6 Å². The van der Waals surface area contributed by atoms with E-state index in [0.717, 1.165) is 19.1 Å². The normalized spacial score (nSPS) is 20.6. The number of amides is 2. The molecule has 1 aliphatic heterocycles. The summed E-state index contributed by atoms with van der Waals surface area (Å²) < 4.78 is 0. The molecule has 110 valence electrons. The Balaban J connectivity index is 2.11. The van der Waals surface area contributed by atoms with Crippen molar-refractivity contribution in [3.63, 3.8) is 0 Å². The Morgan fingerprint density at radius 1 is 1.33 bits per heavy atom. The largest absolute Gasteiger partial charge is 0.323 e. The minimum atomic E-state index is -1.12. The highest BCUT2D eigenvalue weighted by Crippen LogP contribution is 2.39. The van der Waals surface area contributed by atoms with Gasteiger partial charge in [-0.15, -0.1) is 0 Å². The minimum absolute atomic E-state index is 0.214. The van der Waals surface area contributed by atoms with E-state index in [1.165, 1.54) is 0 Å². The molecule has 1 saturated carbocycles. The van der Waals surface area contributed by atoms with Gasteiger partial charge in [0.05, 0.1) is 11.4 Å². The van der Waals surface area contributed by atoms with Gasteiger partial charge in [0, 0.05) is 12.1 Å². The zero-order valence-electron chi connectivity index (χ0n) is 12.2. The number of carbonyl (C=O) groups is 3. The molecule has 5 heteroatoms. The lowest BCUT2D eigenvalue weighted by atomic mass is 9.90. The molecule has 0 bridgehead atoms. The first-order valence-electron chi connectivity index (χ1n) is 7.16. The van der Waals surface area contributed by atoms with E-state index in [-0.39, 0.29) is 11.8 Å². The zero-order valence-corrected chi connectivity index (χ0v) is 12.2. The van der Waals surface area contributed by atoms with Gasteiger partial charge in [-0.2, -0.15) is 0 Å². The summed E-state index contributed by atoms with van der Waals surface area (Å²) in [6.45, 7) is 3.88. The van der Waals surface area contributed by atoms with E-state index in [0.29, 0.717) is 29.4 Å². The predicted octanol–water partition coefficient (Wildman–Crippen LogP) is 2.22. The molecular formula is C16H18N2O3. The summed E-state index contributed by atoms with van der Waals surface area (Å²) >= 11 is 0. The van der Waals surface area contributed by atoms with Crippen LogP contribution in [0.4, 0.5) is 11.4 Å². The number of anilines is 2. The average Bonchev–Trinajstić information content (AvgIpc) is 3.28. The summed E-state index contributed by atoms with van der Waals surface area (Å²) in [4.78, 5) is 37.7. The second-order valence-corrected chi connectivity index (χ2v) is 6.33. The third kappa shape index (κ3) is 2.33. The van der Waals surface area contributed by atoms with Crippen molar-refractivity contribution in [2.75, 3.05) is 16.8 Å². The quantitative estimate of drug-likeness (QED) is 0.684. The van der Waals surface area contributed by atoms with Gasteiger partial charge in [-0.1, -0.05) is 0 Å². The molecule has 1 aliphatic carbocycles. The fourth-order valence-electron chi connectivity index (χ4n) is 2.51. The van der Waals surface area contributed by atoms with Gasteiger partial charge in [-0.3, -0.25) is 14.4 Å². The summed E-state index contributed by atoms with van der Waals surface area (Å²) in [7, 11) is 0. The Kier molecular flexibility index (Phi) is 3.08. The van der Waals surface area contributed by atoms with E-state index >= 15 is 0 Å². The number of nitrogens with zero attached hydrogens (tertiary/aromatic N) is 1. The van der Waals surface area contributed by atoms with Crippen molar-refractivity contribution in [1.82, 2.24) is 0 Å². The summed E-state index contributed by atoms with van der Waals surface area (Å²) in [6, 6.07) is 5.00. The van der Waals surface area contributed by atoms with Crippen molar-refractivity contribution < 1.29 is 14.4 Å². The molecule has 1 aromatic rings. The number of aldehydes is 1.